The summed E-state index contributed by atoms with van der Waals surface area (Å²) in [5, 5.41) is 7.17. The molecule has 1 aromatic rings. The molecule has 1 aliphatic heterocycles. The van der Waals surface area contributed by atoms with E-state index < -0.39 is 0 Å². The van der Waals surface area contributed by atoms with Crippen molar-refractivity contribution in [3.05, 3.63) is 35.4 Å². The van der Waals surface area contributed by atoms with Gasteiger partial charge in [-0.2, -0.15) is 0 Å². The minimum absolute atomic E-state index is 0.0711. The van der Waals surface area contributed by atoms with Crippen LogP contribution in [0.25, 0.3) is 0 Å². The molecular formula is C22H34N2O2. The molecule has 1 heterocycles. The summed E-state index contributed by atoms with van der Waals surface area (Å²) >= 11 is 0. The van der Waals surface area contributed by atoms with Gasteiger partial charge in [0.1, 0.15) is 0 Å². The van der Waals surface area contributed by atoms with Crippen molar-refractivity contribution in [2.24, 2.45) is 5.92 Å². The Kier molecular flexibility index (Phi) is 7.51. The van der Waals surface area contributed by atoms with E-state index in [0.29, 0.717) is 18.4 Å². The SMILES string of the molecule is COC(=O)CCC1CCC(NCc2ccc(C3CCNCC3)cc2)CC1. The van der Waals surface area contributed by atoms with Crippen LogP contribution in [-0.2, 0) is 16.1 Å². The number of methoxy groups -OCH3 is 1. The van der Waals surface area contributed by atoms with Gasteiger partial charge in [-0.25, -0.2) is 0 Å². The highest BCUT2D eigenvalue weighted by Gasteiger charge is 2.21. The summed E-state index contributed by atoms with van der Waals surface area (Å²) in [5.74, 6) is 1.35. The fourth-order valence-electron chi connectivity index (χ4n) is 4.40. The molecule has 0 bridgehead atoms. The van der Waals surface area contributed by atoms with Crippen LogP contribution in [-0.4, -0.2) is 32.2 Å². The van der Waals surface area contributed by atoms with Crippen LogP contribution >= 0.6 is 0 Å². The first-order chi connectivity index (χ1) is 12.7. The molecule has 2 fully saturated rings. The summed E-state index contributed by atoms with van der Waals surface area (Å²) in [6, 6.07) is 9.88. The first-order valence-corrected chi connectivity index (χ1v) is 10.3. The van der Waals surface area contributed by atoms with E-state index in [9.17, 15) is 4.79 Å². The van der Waals surface area contributed by atoms with Gasteiger partial charge in [0.05, 0.1) is 7.11 Å². The molecule has 4 heteroatoms. The normalized spacial score (nSPS) is 24.3. The highest BCUT2D eigenvalue weighted by molar-refractivity contribution is 5.69. The largest absolute Gasteiger partial charge is 0.469 e. The monoisotopic (exact) mass is 358 g/mol. The predicted octanol–water partition coefficient (Wildman–Crippen LogP) is 3.76. The predicted molar refractivity (Wildman–Crippen MR) is 105 cm³/mol. The van der Waals surface area contributed by atoms with Crippen molar-refractivity contribution < 1.29 is 9.53 Å². The molecular weight excluding hydrogens is 324 g/mol. The fourth-order valence-corrected chi connectivity index (χ4v) is 4.40. The van der Waals surface area contributed by atoms with Crippen LogP contribution in [0.5, 0.6) is 0 Å². The van der Waals surface area contributed by atoms with Crippen molar-refractivity contribution in [3.63, 3.8) is 0 Å². The number of carbonyl (C=O) groups is 1. The Morgan fingerprint density at radius 2 is 1.77 bits per heavy atom. The smallest absolute Gasteiger partial charge is 0.305 e. The first-order valence-electron chi connectivity index (χ1n) is 10.3. The van der Waals surface area contributed by atoms with E-state index in [1.165, 1.54) is 56.8 Å². The number of carbonyl (C=O) groups excluding carboxylic acids is 1. The number of nitrogens with one attached hydrogen (secondary N) is 2. The Hall–Kier alpha value is -1.39. The summed E-state index contributed by atoms with van der Waals surface area (Å²) in [6.45, 7) is 3.26. The molecule has 0 unspecified atom stereocenters. The van der Waals surface area contributed by atoms with Gasteiger partial charge < -0.3 is 15.4 Å². The van der Waals surface area contributed by atoms with E-state index in [1.54, 1.807) is 0 Å². The summed E-state index contributed by atoms with van der Waals surface area (Å²) in [5.41, 5.74) is 2.89. The Balaban J connectivity index is 1.36. The summed E-state index contributed by atoms with van der Waals surface area (Å²) in [7, 11) is 1.47. The Labute approximate surface area is 158 Å². The molecule has 2 N–H and O–H groups in total. The van der Waals surface area contributed by atoms with Crippen molar-refractivity contribution in [3.8, 4) is 0 Å². The van der Waals surface area contributed by atoms with Crippen LogP contribution in [0.2, 0.25) is 0 Å². The second kappa shape index (κ2) is 10.1. The van der Waals surface area contributed by atoms with Gasteiger partial charge in [0.25, 0.3) is 0 Å². The van der Waals surface area contributed by atoms with Gasteiger partial charge in [-0.15, -0.1) is 0 Å². The molecule has 1 aliphatic carbocycles. The zero-order valence-electron chi connectivity index (χ0n) is 16.1. The van der Waals surface area contributed by atoms with Crippen molar-refractivity contribution in [2.45, 2.75) is 69.9 Å². The molecule has 0 aromatic heterocycles. The maximum atomic E-state index is 11.3. The number of hydrogen-bond acceptors (Lipinski definition) is 4. The van der Waals surface area contributed by atoms with Crippen molar-refractivity contribution in [2.75, 3.05) is 20.2 Å². The van der Waals surface area contributed by atoms with Crippen molar-refractivity contribution in [1.82, 2.24) is 10.6 Å². The molecule has 0 amide bonds. The van der Waals surface area contributed by atoms with Crippen LogP contribution in [0.3, 0.4) is 0 Å². The highest BCUT2D eigenvalue weighted by atomic mass is 16.5. The van der Waals surface area contributed by atoms with Crippen LogP contribution in [0.15, 0.2) is 24.3 Å². The summed E-state index contributed by atoms with van der Waals surface area (Å²) in [4.78, 5) is 11.3. The zero-order chi connectivity index (χ0) is 18.2. The van der Waals surface area contributed by atoms with E-state index in [-0.39, 0.29) is 5.97 Å². The number of benzene rings is 1. The molecule has 0 spiro atoms. The summed E-state index contributed by atoms with van der Waals surface area (Å²) < 4.78 is 4.74. The third kappa shape index (κ3) is 5.82. The second-order valence-electron chi connectivity index (χ2n) is 7.98. The molecule has 1 saturated carbocycles. The Bertz CT molecular complexity index is 544. The van der Waals surface area contributed by atoms with Gasteiger partial charge in [-0.1, -0.05) is 24.3 Å². The van der Waals surface area contributed by atoms with Crippen molar-refractivity contribution >= 4 is 5.97 Å². The topological polar surface area (TPSA) is 50.4 Å². The fraction of sp³-hybridized carbons (Fsp3) is 0.682. The number of ether oxygens (including phenoxy) is 1. The summed E-state index contributed by atoms with van der Waals surface area (Å²) in [6.07, 6.45) is 8.97. The molecule has 0 radical (unpaired) electrons. The molecule has 2 aliphatic rings. The van der Waals surface area contributed by atoms with Gasteiger partial charge in [-0.05, 0) is 81.0 Å². The number of esters is 1. The van der Waals surface area contributed by atoms with Crippen LogP contribution < -0.4 is 10.6 Å². The van der Waals surface area contributed by atoms with E-state index in [1.807, 2.05) is 0 Å². The van der Waals surface area contributed by atoms with Gasteiger partial charge in [0.15, 0.2) is 0 Å². The number of hydrogen-bond donors (Lipinski definition) is 2. The molecule has 0 atom stereocenters. The minimum Gasteiger partial charge on any atom is -0.469 e. The van der Waals surface area contributed by atoms with Crippen molar-refractivity contribution in [1.29, 1.82) is 0 Å². The Morgan fingerprint density at radius 3 is 2.42 bits per heavy atom. The quantitative estimate of drug-likeness (QED) is 0.729. The lowest BCUT2D eigenvalue weighted by molar-refractivity contribution is -0.141. The van der Waals surface area contributed by atoms with E-state index in [2.05, 4.69) is 34.9 Å². The minimum atomic E-state index is -0.0711. The molecule has 3 rings (SSSR count). The maximum Gasteiger partial charge on any atom is 0.305 e. The van der Waals surface area contributed by atoms with Gasteiger partial charge >= 0.3 is 5.97 Å². The molecule has 26 heavy (non-hydrogen) atoms. The van der Waals surface area contributed by atoms with Crippen LogP contribution in [0, 0.1) is 5.92 Å². The third-order valence-electron chi connectivity index (χ3n) is 6.22. The van der Waals surface area contributed by atoms with Gasteiger partial charge in [0, 0.05) is 19.0 Å². The lowest BCUT2D eigenvalue weighted by atomic mass is 9.83. The van der Waals surface area contributed by atoms with E-state index in [0.717, 1.165) is 32.0 Å². The first kappa shape index (κ1) is 19.4. The number of piperidine rings is 1. The highest BCUT2D eigenvalue weighted by Crippen LogP contribution is 2.28. The van der Waals surface area contributed by atoms with E-state index in [4.69, 9.17) is 4.74 Å². The Morgan fingerprint density at radius 1 is 1.08 bits per heavy atom. The number of rotatable bonds is 7. The third-order valence-corrected chi connectivity index (χ3v) is 6.22. The molecule has 144 valence electrons. The zero-order valence-corrected chi connectivity index (χ0v) is 16.1. The molecule has 1 aromatic carbocycles. The van der Waals surface area contributed by atoms with Gasteiger partial charge in [0.2, 0.25) is 0 Å². The molecule has 1 saturated heterocycles. The lowest BCUT2D eigenvalue weighted by Gasteiger charge is -2.29. The average Bonchev–Trinajstić information content (AvgIpc) is 2.72. The average molecular weight is 359 g/mol. The second-order valence-corrected chi connectivity index (χ2v) is 7.98. The van der Waals surface area contributed by atoms with E-state index >= 15 is 0 Å². The van der Waals surface area contributed by atoms with Crippen LogP contribution in [0.1, 0.15) is 68.4 Å². The van der Waals surface area contributed by atoms with Gasteiger partial charge in [-0.3, -0.25) is 4.79 Å². The van der Waals surface area contributed by atoms with Crippen LogP contribution in [0.4, 0.5) is 0 Å². The maximum absolute atomic E-state index is 11.3. The lowest BCUT2D eigenvalue weighted by Crippen LogP contribution is -2.32. The standard InChI is InChI=1S/C22H34N2O2/c1-26-22(25)11-6-17-4-9-21(10-5-17)24-16-18-2-7-19(8-3-18)20-12-14-23-15-13-20/h2-3,7-8,17,20-21,23-24H,4-6,9-16H2,1H3. The molecule has 4 nitrogen and oxygen atoms in total.